The molecule has 3 atom stereocenters. The molecule has 1 N–H and O–H groups in total. The largest absolute Gasteiger partial charge is 0.491 e. The van der Waals surface area contributed by atoms with Crippen LogP contribution in [0.4, 0.5) is 0 Å². The van der Waals surface area contributed by atoms with Gasteiger partial charge in [0.1, 0.15) is 18.5 Å². The smallest absolute Gasteiger partial charge is 0.306 e. The Morgan fingerprint density at radius 3 is 2.63 bits per heavy atom. The summed E-state index contributed by atoms with van der Waals surface area (Å²) in [7, 11) is 0. The molecule has 2 aliphatic rings. The number of benzene rings is 1. The molecule has 1 aliphatic carbocycles. The molecule has 27 heavy (non-hydrogen) atoms. The first-order valence-corrected chi connectivity index (χ1v) is 9.71. The molecule has 1 saturated heterocycles. The Kier molecular flexibility index (Phi) is 6.05. The Morgan fingerprint density at radius 2 is 1.93 bits per heavy atom. The van der Waals surface area contributed by atoms with Crippen LogP contribution >= 0.6 is 0 Å². The van der Waals surface area contributed by atoms with Gasteiger partial charge in [0.2, 0.25) is 5.91 Å². The van der Waals surface area contributed by atoms with Crippen molar-refractivity contribution in [1.82, 2.24) is 4.90 Å². The van der Waals surface area contributed by atoms with Gasteiger partial charge in [0.05, 0.1) is 18.1 Å². The molecule has 1 amide bonds. The van der Waals surface area contributed by atoms with E-state index in [0.717, 1.165) is 18.6 Å². The first kappa shape index (κ1) is 19.7. The van der Waals surface area contributed by atoms with Crippen molar-refractivity contribution < 1.29 is 24.2 Å². The molecule has 1 heterocycles. The molecular formula is C21H29NO5. The second kappa shape index (κ2) is 8.30. The Labute approximate surface area is 160 Å². The van der Waals surface area contributed by atoms with Crippen molar-refractivity contribution in [2.24, 2.45) is 11.8 Å². The normalized spacial score (nSPS) is 27.8. The molecule has 2 fully saturated rings. The molecule has 0 radical (unpaired) electrons. The zero-order valence-corrected chi connectivity index (χ0v) is 16.1. The SMILES string of the molecule is CC1(C)CN(C(=O)C2CCCC(C(=O)O)C2)CC(COc2ccccc2)O1. The molecule has 0 aromatic heterocycles. The molecule has 1 saturated carbocycles. The number of carboxylic acids is 1. The highest BCUT2D eigenvalue weighted by molar-refractivity contribution is 5.80. The second-order valence-corrected chi connectivity index (χ2v) is 8.24. The molecule has 1 aromatic carbocycles. The van der Waals surface area contributed by atoms with E-state index in [4.69, 9.17) is 9.47 Å². The number of hydrogen-bond acceptors (Lipinski definition) is 4. The summed E-state index contributed by atoms with van der Waals surface area (Å²) < 4.78 is 11.9. The molecular weight excluding hydrogens is 346 g/mol. The molecule has 6 nitrogen and oxygen atoms in total. The number of carboxylic acid groups (broad SMARTS) is 1. The Bertz CT molecular complexity index is 660. The zero-order chi connectivity index (χ0) is 19.4. The van der Waals surface area contributed by atoms with Gasteiger partial charge in [0.15, 0.2) is 0 Å². The van der Waals surface area contributed by atoms with Crippen LogP contribution < -0.4 is 4.74 Å². The molecule has 148 valence electrons. The van der Waals surface area contributed by atoms with E-state index in [0.29, 0.717) is 32.5 Å². The van der Waals surface area contributed by atoms with E-state index in [1.165, 1.54) is 0 Å². The number of hydrogen-bond donors (Lipinski definition) is 1. The monoisotopic (exact) mass is 375 g/mol. The zero-order valence-electron chi connectivity index (χ0n) is 16.1. The van der Waals surface area contributed by atoms with Crippen molar-refractivity contribution in [1.29, 1.82) is 0 Å². The van der Waals surface area contributed by atoms with Crippen LogP contribution in [-0.4, -0.2) is 53.3 Å². The van der Waals surface area contributed by atoms with Crippen molar-refractivity contribution in [3.8, 4) is 5.75 Å². The highest BCUT2D eigenvalue weighted by atomic mass is 16.5. The number of nitrogens with zero attached hydrogens (tertiary/aromatic N) is 1. The van der Waals surface area contributed by atoms with Crippen LogP contribution in [0.15, 0.2) is 30.3 Å². The summed E-state index contributed by atoms with van der Waals surface area (Å²) >= 11 is 0. The summed E-state index contributed by atoms with van der Waals surface area (Å²) in [6, 6.07) is 9.55. The van der Waals surface area contributed by atoms with Gasteiger partial charge in [0.25, 0.3) is 0 Å². The van der Waals surface area contributed by atoms with E-state index < -0.39 is 17.5 Å². The van der Waals surface area contributed by atoms with Crippen molar-refractivity contribution in [3.05, 3.63) is 30.3 Å². The fraction of sp³-hybridized carbons (Fsp3) is 0.619. The molecule has 0 spiro atoms. The average molecular weight is 375 g/mol. The van der Waals surface area contributed by atoms with E-state index in [1.54, 1.807) is 0 Å². The predicted octanol–water partition coefficient (Wildman–Crippen LogP) is 2.96. The van der Waals surface area contributed by atoms with Crippen LogP contribution in [-0.2, 0) is 14.3 Å². The maximum absolute atomic E-state index is 13.1. The van der Waals surface area contributed by atoms with Crippen LogP contribution in [0.1, 0.15) is 39.5 Å². The molecule has 6 heteroatoms. The minimum absolute atomic E-state index is 0.0574. The van der Waals surface area contributed by atoms with E-state index in [-0.39, 0.29) is 17.9 Å². The fourth-order valence-electron chi connectivity index (χ4n) is 4.15. The standard InChI is InChI=1S/C21H29NO5/c1-21(2)14-22(19(23)15-7-6-8-16(11-15)20(24)25)12-18(27-21)13-26-17-9-4-3-5-10-17/h3-5,9-10,15-16,18H,6-8,11-14H2,1-2H3,(H,24,25). The molecule has 3 unspecified atom stereocenters. The number of rotatable bonds is 5. The van der Waals surface area contributed by atoms with Crippen molar-refractivity contribution in [2.75, 3.05) is 19.7 Å². The van der Waals surface area contributed by atoms with E-state index in [1.807, 2.05) is 49.1 Å². The van der Waals surface area contributed by atoms with Gasteiger partial charge in [-0.15, -0.1) is 0 Å². The number of morpholine rings is 1. The highest BCUT2D eigenvalue weighted by Gasteiger charge is 2.40. The summed E-state index contributed by atoms with van der Waals surface area (Å²) in [4.78, 5) is 26.2. The van der Waals surface area contributed by atoms with Gasteiger partial charge in [-0.05, 0) is 45.2 Å². The van der Waals surface area contributed by atoms with Gasteiger partial charge >= 0.3 is 5.97 Å². The van der Waals surface area contributed by atoms with Crippen LogP contribution in [0.25, 0.3) is 0 Å². The number of amides is 1. The summed E-state index contributed by atoms with van der Waals surface area (Å²) in [5.41, 5.74) is -0.459. The van der Waals surface area contributed by atoms with Crippen LogP contribution in [0, 0.1) is 11.8 Å². The van der Waals surface area contributed by atoms with Gasteiger partial charge < -0.3 is 19.5 Å². The quantitative estimate of drug-likeness (QED) is 0.856. The van der Waals surface area contributed by atoms with E-state index in [9.17, 15) is 14.7 Å². The number of carbonyl (C=O) groups excluding carboxylic acids is 1. The Morgan fingerprint density at radius 1 is 1.22 bits per heavy atom. The number of ether oxygens (including phenoxy) is 2. The minimum atomic E-state index is -0.788. The number of para-hydroxylation sites is 1. The van der Waals surface area contributed by atoms with Gasteiger partial charge in [0, 0.05) is 12.5 Å². The third kappa shape index (κ3) is 5.22. The van der Waals surface area contributed by atoms with Crippen LogP contribution in [0.2, 0.25) is 0 Å². The summed E-state index contributed by atoms with van der Waals surface area (Å²) in [6.07, 6.45) is 2.46. The first-order valence-electron chi connectivity index (χ1n) is 9.71. The fourth-order valence-corrected chi connectivity index (χ4v) is 4.15. The number of carbonyl (C=O) groups is 2. The second-order valence-electron chi connectivity index (χ2n) is 8.24. The topological polar surface area (TPSA) is 76.1 Å². The lowest BCUT2D eigenvalue weighted by molar-refractivity contribution is -0.170. The highest BCUT2D eigenvalue weighted by Crippen LogP contribution is 2.32. The van der Waals surface area contributed by atoms with Gasteiger partial charge in [-0.1, -0.05) is 24.6 Å². The van der Waals surface area contributed by atoms with E-state index >= 15 is 0 Å². The summed E-state index contributed by atoms with van der Waals surface area (Å²) in [6.45, 7) is 5.32. The van der Waals surface area contributed by atoms with Gasteiger partial charge in [-0.25, -0.2) is 0 Å². The lowest BCUT2D eigenvalue weighted by Gasteiger charge is -2.44. The average Bonchev–Trinajstić information content (AvgIpc) is 2.65. The number of aliphatic carboxylic acids is 1. The van der Waals surface area contributed by atoms with Crippen LogP contribution in [0.3, 0.4) is 0 Å². The Balaban J connectivity index is 1.62. The third-order valence-corrected chi connectivity index (χ3v) is 5.34. The lowest BCUT2D eigenvalue weighted by atomic mass is 9.80. The molecule has 3 rings (SSSR count). The lowest BCUT2D eigenvalue weighted by Crippen LogP contribution is -2.57. The Hall–Kier alpha value is -2.08. The molecule has 0 bridgehead atoms. The summed E-state index contributed by atoms with van der Waals surface area (Å²) in [5.74, 6) is -0.562. The predicted molar refractivity (Wildman–Crippen MR) is 101 cm³/mol. The third-order valence-electron chi connectivity index (χ3n) is 5.34. The van der Waals surface area contributed by atoms with Gasteiger partial charge in [-0.3, -0.25) is 9.59 Å². The maximum Gasteiger partial charge on any atom is 0.306 e. The maximum atomic E-state index is 13.1. The van der Waals surface area contributed by atoms with Crippen molar-refractivity contribution in [3.63, 3.8) is 0 Å². The van der Waals surface area contributed by atoms with Gasteiger partial charge in [-0.2, -0.15) is 0 Å². The first-order chi connectivity index (χ1) is 12.8. The molecule has 1 aliphatic heterocycles. The molecule has 1 aromatic rings. The summed E-state index contributed by atoms with van der Waals surface area (Å²) in [5, 5.41) is 9.29. The van der Waals surface area contributed by atoms with Crippen molar-refractivity contribution in [2.45, 2.75) is 51.2 Å². The van der Waals surface area contributed by atoms with Crippen LogP contribution in [0.5, 0.6) is 5.75 Å². The van der Waals surface area contributed by atoms with Crippen molar-refractivity contribution >= 4 is 11.9 Å². The van der Waals surface area contributed by atoms with E-state index in [2.05, 4.69) is 0 Å². The minimum Gasteiger partial charge on any atom is -0.491 e.